The molecule has 0 bridgehead atoms. The first-order valence-electron chi connectivity index (χ1n) is 13.1. The summed E-state index contributed by atoms with van der Waals surface area (Å²) in [5.74, 6) is 2.01. The largest absolute Gasteiger partial charge is 0.491 e. The maximum Gasteiger partial charge on any atom is 0.222 e. The molecule has 0 aliphatic heterocycles. The Labute approximate surface area is 223 Å². The lowest BCUT2D eigenvalue weighted by molar-refractivity contribution is 0.0635. The predicted octanol–water partition coefficient (Wildman–Crippen LogP) is 5.98. The fraction of sp³-hybridized carbons (Fsp3) is 0.323. The summed E-state index contributed by atoms with van der Waals surface area (Å²) in [5.41, 5.74) is 3.72. The Morgan fingerprint density at radius 2 is 1.82 bits per heavy atom. The summed E-state index contributed by atoms with van der Waals surface area (Å²) in [5, 5.41) is 15.7. The highest BCUT2D eigenvalue weighted by Gasteiger charge is 2.29. The molecule has 1 fully saturated rings. The number of para-hydroxylation sites is 1. The van der Waals surface area contributed by atoms with Crippen molar-refractivity contribution in [1.82, 2.24) is 14.7 Å². The van der Waals surface area contributed by atoms with E-state index >= 15 is 0 Å². The van der Waals surface area contributed by atoms with Gasteiger partial charge < -0.3 is 14.6 Å². The molecule has 1 heterocycles. The summed E-state index contributed by atoms with van der Waals surface area (Å²) in [6.45, 7) is 4.04. The lowest BCUT2D eigenvalue weighted by Crippen LogP contribution is -2.36. The summed E-state index contributed by atoms with van der Waals surface area (Å²) in [6, 6.07) is 23.9. The zero-order valence-corrected chi connectivity index (χ0v) is 21.9. The molecule has 0 radical (unpaired) electrons. The molecular formula is C31H34FN3O3. The number of hydrogen-bond donors (Lipinski definition) is 1. The van der Waals surface area contributed by atoms with E-state index in [1.807, 2.05) is 68.6 Å². The van der Waals surface area contributed by atoms with Gasteiger partial charge in [0.2, 0.25) is 5.88 Å². The van der Waals surface area contributed by atoms with Gasteiger partial charge in [-0.15, -0.1) is 0 Å². The van der Waals surface area contributed by atoms with Crippen molar-refractivity contribution in [2.45, 2.75) is 32.4 Å². The zero-order chi connectivity index (χ0) is 26.5. The van der Waals surface area contributed by atoms with Crippen LogP contribution in [0, 0.1) is 18.7 Å². The smallest absolute Gasteiger partial charge is 0.222 e. The molecule has 1 atom stereocenters. The number of nitrogens with zero attached hydrogens (tertiary/aromatic N) is 3. The third-order valence-electron chi connectivity index (χ3n) is 6.73. The van der Waals surface area contributed by atoms with E-state index in [0.29, 0.717) is 30.6 Å². The number of benzene rings is 3. The highest BCUT2D eigenvalue weighted by molar-refractivity contribution is 5.65. The molecule has 0 spiro atoms. The summed E-state index contributed by atoms with van der Waals surface area (Å²) >= 11 is 0. The lowest BCUT2D eigenvalue weighted by atomic mass is 10.1. The fourth-order valence-electron chi connectivity index (χ4n) is 4.64. The summed E-state index contributed by atoms with van der Waals surface area (Å²) in [7, 11) is 1.83. The van der Waals surface area contributed by atoms with Crippen molar-refractivity contribution in [3.8, 4) is 28.6 Å². The molecule has 1 saturated carbocycles. The molecular weight excluding hydrogens is 481 g/mol. The molecule has 198 valence electrons. The van der Waals surface area contributed by atoms with E-state index < -0.39 is 6.10 Å². The van der Waals surface area contributed by atoms with Crippen LogP contribution >= 0.6 is 0 Å². The van der Waals surface area contributed by atoms with Crippen molar-refractivity contribution >= 4 is 0 Å². The maximum absolute atomic E-state index is 13.9. The number of halogens is 1. The maximum atomic E-state index is 13.9. The number of ether oxygens (including phenoxy) is 2. The van der Waals surface area contributed by atoms with Crippen LogP contribution in [0.15, 0.2) is 78.9 Å². The Hall–Kier alpha value is -3.68. The molecule has 5 rings (SSSR count). The van der Waals surface area contributed by atoms with E-state index in [4.69, 9.17) is 14.6 Å². The van der Waals surface area contributed by atoms with Crippen LogP contribution in [0.25, 0.3) is 11.3 Å². The zero-order valence-electron chi connectivity index (χ0n) is 21.9. The fourth-order valence-corrected chi connectivity index (χ4v) is 4.64. The summed E-state index contributed by atoms with van der Waals surface area (Å²) < 4.78 is 27.8. The van der Waals surface area contributed by atoms with Gasteiger partial charge in [-0.2, -0.15) is 5.10 Å². The topological polar surface area (TPSA) is 59.8 Å². The molecule has 1 aliphatic rings. The van der Waals surface area contributed by atoms with Crippen LogP contribution < -0.4 is 9.47 Å². The number of rotatable bonds is 12. The molecule has 3 aromatic carbocycles. The Balaban J connectivity index is 1.40. The molecule has 0 unspecified atom stereocenters. The first-order chi connectivity index (χ1) is 18.5. The quantitative estimate of drug-likeness (QED) is 0.252. The van der Waals surface area contributed by atoms with Gasteiger partial charge in [-0.3, -0.25) is 4.90 Å². The lowest BCUT2D eigenvalue weighted by Gasteiger charge is -2.26. The van der Waals surface area contributed by atoms with Crippen molar-refractivity contribution in [2.75, 3.05) is 19.7 Å². The van der Waals surface area contributed by atoms with Crippen molar-refractivity contribution in [1.29, 1.82) is 0 Å². The molecule has 1 aromatic heterocycles. The van der Waals surface area contributed by atoms with Gasteiger partial charge in [0.05, 0.1) is 5.56 Å². The van der Waals surface area contributed by atoms with Crippen LogP contribution in [-0.2, 0) is 13.6 Å². The minimum atomic E-state index is -0.669. The van der Waals surface area contributed by atoms with E-state index in [1.165, 1.54) is 25.0 Å². The SMILES string of the molecule is Cc1ccccc1OC[C@H](O)CN(Cc1c(-c2ccccc2)nn(C)c1Oc1cccc(F)c1)CC1CC1. The van der Waals surface area contributed by atoms with Crippen LogP contribution in [0.1, 0.15) is 24.0 Å². The minimum Gasteiger partial charge on any atom is -0.491 e. The first-order valence-corrected chi connectivity index (χ1v) is 13.1. The summed E-state index contributed by atoms with van der Waals surface area (Å²) in [6.07, 6.45) is 1.72. The van der Waals surface area contributed by atoms with Crippen LogP contribution in [0.4, 0.5) is 4.39 Å². The Kier molecular flexibility index (Phi) is 8.05. The van der Waals surface area contributed by atoms with Gasteiger partial charge >= 0.3 is 0 Å². The third-order valence-corrected chi connectivity index (χ3v) is 6.73. The van der Waals surface area contributed by atoms with Crippen molar-refractivity contribution in [3.05, 3.63) is 95.8 Å². The van der Waals surface area contributed by atoms with Crippen molar-refractivity contribution in [2.24, 2.45) is 13.0 Å². The predicted molar refractivity (Wildman–Crippen MR) is 146 cm³/mol. The second kappa shape index (κ2) is 11.8. The monoisotopic (exact) mass is 515 g/mol. The second-order valence-corrected chi connectivity index (χ2v) is 10.0. The van der Waals surface area contributed by atoms with Gasteiger partial charge in [0.25, 0.3) is 0 Å². The molecule has 0 saturated heterocycles. The number of aromatic nitrogens is 2. The third kappa shape index (κ3) is 6.60. The van der Waals surface area contributed by atoms with E-state index in [0.717, 1.165) is 34.7 Å². The van der Waals surface area contributed by atoms with Crippen LogP contribution in [0.5, 0.6) is 17.4 Å². The van der Waals surface area contributed by atoms with E-state index in [9.17, 15) is 9.50 Å². The van der Waals surface area contributed by atoms with Gasteiger partial charge in [0.1, 0.15) is 35.7 Å². The molecule has 7 heteroatoms. The second-order valence-electron chi connectivity index (χ2n) is 10.0. The van der Waals surface area contributed by atoms with Crippen LogP contribution in [0.3, 0.4) is 0 Å². The van der Waals surface area contributed by atoms with Gasteiger partial charge in [-0.25, -0.2) is 9.07 Å². The minimum absolute atomic E-state index is 0.206. The van der Waals surface area contributed by atoms with Gasteiger partial charge in [-0.1, -0.05) is 54.6 Å². The average molecular weight is 516 g/mol. The van der Waals surface area contributed by atoms with Crippen molar-refractivity contribution < 1.29 is 19.0 Å². The van der Waals surface area contributed by atoms with Crippen LogP contribution in [0.2, 0.25) is 0 Å². The molecule has 0 amide bonds. The molecule has 1 N–H and O–H groups in total. The molecule has 6 nitrogen and oxygen atoms in total. The van der Waals surface area contributed by atoms with E-state index in [2.05, 4.69) is 4.90 Å². The average Bonchev–Trinajstić information content (AvgIpc) is 3.68. The molecule has 1 aliphatic carbocycles. The van der Waals surface area contributed by atoms with Gasteiger partial charge in [-0.05, 0) is 49.4 Å². The van der Waals surface area contributed by atoms with E-state index in [-0.39, 0.29) is 12.4 Å². The van der Waals surface area contributed by atoms with Gasteiger partial charge in [0, 0.05) is 38.3 Å². The molecule has 4 aromatic rings. The Morgan fingerprint density at radius 3 is 2.55 bits per heavy atom. The highest BCUT2D eigenvalue weighted by atomic mass is 19.1. The van der Waals surface area contributed by atoms with E-state index in [1.54, 1.807) is 16.8 Å². The van der Waals surface area contributed by atoms with Crippen LogP contribution in [-0.4, -0.2) is 45.6 Å². The standard InChI is InChI=1S/C31H34FN3O3/c1-22-9-6-7-14-29(22)37-21-26(36)19-35(18-23-15-16-23)20-28-30(24-10-4-3-5-11-24)33-34(2)31(28)38-27-13-8-12-25(32)17-27/h3-14,17,23,26,36H,15-16,18-21H2,1-2H3/t26-/m1/s1. The Bertz CT molecular complexity index is 1350. The number of aliphatic hydroxyl groups excluding tert-OH is 1. The van der Waals surface area contributed by atoms with Gasteiger partial charge in [0.15, 0.2) is 0 Å². The number of aliphatic hydroxyl groups is 1. The number of aryl methyl sites for hydroxylation is 2. The van der Waals surface area contributed by atoms with Crippen molar-refractivity contribution in [3.63, 3.8) is 0 Å². The highest BCUT2D eigenvalue weighted by Crippen LogP contribution is 2.36. The first kappa shape index (κ1) is 25.9. The Morgan fingerprint density at radius 1 is 1.05 bits per heavy atom. The molecule has 38 heavy (non-hydrogen) atoms. The number of hydrogen-bond acceptors (Lipinski definition) is 5. The summed E-state index contributed by atoms with van der Waals surface area (Å²) in [4.78, 5) is 2.26. The normalized spacial score (nSPS) is 14.0.